The van der Waals surface area contributed by atoms with Gasteiger partial charge in [-0.2, -0.15) is 0 Å². The third kappa shape index (κ3) is 6.39. The van der Waals surface area contributed by atoms with Crippen LogP contribution in [0.15, 0.2) is 35.5 Å². The Balaban J connectivity index is 1.36. The largest absolute Gasteiger partial charge is 0.353 e. The number of carbonyl (C=O) groups excluding carboxylic acids is 2. The molecule has 1 aromatic heterocycles. The van der Waals surface area contributed by atoms with Crippen LogP contribution in [-0.4, -0.2) is 101 Å². The highest BCUT2D eigenvalue weighted by Gasteiger charge is 2.30. The standard InChI is InChI=1S/C24H30Cl2N6O2S/c1-3-29-8-10-30(11-9-29)22(33)16-35-24-27-20(26)14-21(28-24)31-12-13-32(17(2)15-31)23(34)18-6-4-5-7-19(18)25/h4-7,14,17H,3,8-13,15-16H2,1-2H3. The highest BCUT2D eigenvalue weighted by atomic mass is 35.5. The van der Waals surface area contributed by atoms with E-state index in [-0.39, 0.29) is 23.6 Å². The number of piperazine rings is 2. The van der Waals surface area contributed by atoms with Gasteiger partial charge in [-0.1, -0.05) is 54.0 Å². The fourth-order valence-electron chi connectivity index (χ4n) is 4.40. The van der Waals surface area contributed by atoms with Gasteiger partial charge in [-0.25, -0.2) is 9.97 Å². The summed E-state index contributed by atoms with van der Waals surface area (Å²) in [5.74, 6) is 1.00. The Labute approximate surface area is 220 Å². The van der Waals surface area contributed by atoms with E-state index in [2.05, 4.69) is 26.7 Å². The molecule has 2 amide bonds. The second-order valence-corrected chi connectivity index (χ2v) is 10.4. The third-order valence-corrected chi connectivity index (χ3v) is 7.83. The van der Waals surface area contributed by atoms with Crippen molar-refractivity contribution in [3.8, 4) is 0 Å². The molecule has 0 saturated carbocycles. The van der Waals surface area contributed by atoms with Crippen LogP contribution in [0, 0.1) is 0 Å². The predicted octanol–water partition coefficient (Wildman–Crippen LogP) is 3.39. The van der Waals surface area contributed by atoms with Crippen molar-refractivity contribution in [2.75, 3.05) is 63.0 Å². The lowest BCUT2D eigenvalue weighted by molar-refractivity contribution is -0.130. The van der Waals surface area contributed by atoms with E-state index in [1.54, 1.807) is 18.2 Å². The number of likely N-dealkylation sites (N-methyl/N-ethyl adjacent to an activating group) is 1. The first-order valence-corrected chi connectivity index (χ1v) is 13.6. The lowest BCUT2D eigenvalue weighted by Gasteiger charge is -2.40. The molecule has 2 aliphatic heterocycles. The topological polar surface area (TPSA) is 72.9 Å². The summed E-state index contributed by atoms with van der Waals surface area (Å²) in [5.41, 5.74) is 0.513. The molecule has 2 aromatic rings. The number of thioether (sulfide) groups is 1. The van der Waals surface area contributed by atoms with Crippen LogP contribution in [0.2, 0.25) is 10.2 Å². The summed E-state index contributed by atoms with van der Waals surface area (Å²) in [4.78, 5) is 42.9. The summed E-state index contributed by atoms with van der Waals surface area (Å²) in [6, 6.07) is 8.80. The summed E-state index contributed by atoms with van der Waals surface area (Å²) < 4.78 is 0. The van der Waals surface area contributed by atoms with Crippen LogP contribution in [-0.2, 0) is 4.79 Å². The zero-order valence-electron chi connectivity index (χ0n) is 20.0. The predicted molar refractivity (Wildman–Crippen MR) is 141 cm³/mol. The number of anilines is 1. The zero-order chi connectivity index (χ0) is 24.9. The van der Waals surface area contributed by atoms with Gasteiger partial charge >= 0.3 is 0 Å². The second-order valence-electron chi connectivity index (χ2n) is 8.71. The van der Waals surface area contributed by atoms with Gasteiger partial charge in [0, 0.05) is 57.9 Å². The fraction of sp³-hybridized carbons (Fsp3) is 0.500. The van der Waals surface area contributed by atoms with E-state index in [9.17, 15) is 9.59 Å². The first kappa shape index (κ1) is 26.0. The first-order chi connectivity index (χ1) is 16.9. The molecule has 1 atom stereocenters. The number of nitrogens with zero attached hydrogens (tertiary/aromatic N) is 6. The molecule has 2 aliphatic rings. The first-order valence-electron chi connectivity index (χ1n) is 11.8. The van der Waals surface area contributed by atoms with Gasteiger partial charge in [-0.15, -0.1) is 0 Å². The minimum Gasteiger partial charge on any atom is -0.353 e. The third-order valence-electron chi connectivity index (χ3n) is 6.47. The van der Waals surface area contributed by atoms with Crippen LogP contribution < -0.4 is 4.90 Å². The number of amides is 2. The molecule has 0 radical (unpaired) electrons. The molecule has 11 heteroatoms. The lowest BCUT2D eigenvalue weighted by atomic mass is 10.1. The molecule has 8 nitrogen and oxygen atoms in total. The van der Waals surface area contributed by atoms with Crippen LogP contribution >= 0.6 is 35.0 Å². The summed E-state index contributed by atoms with van der Waals surface area (Å²) in [6.45, 7) is 10.2. The number of hydrogen-bond donors (Lipinski definition) is 0. The Hall–Kier alpha value is -2.07. The number of hydrogen-bond acceptors (Lipinski definition) is 7. The Kier molecular flexibility index (Phi) is 8.75. The van der Waals surface area contributed by atoms with Crippen LogP contribution in [0.1, 0.15) is 24.2 Å². The molecule has 4 rings (SSSR count). The van der Waals surface area contributed by atoms with Crippen molar-refractivity contribution in [2.24, 2.45) is 0 Å². The number of aromatic nitrogens is 2. The summed E-state index contributed by atoms with van der Waals surface area (Å²) in [7, 11) is 0. The van der Waals surface area contributed by atoms with Crippen molar-refractivity contribution >= 4 is 52.6 Å². The highest BCUT2D eigenvalue weighted by Crippen LogP contribution is 2.26. The second kappa shape index (κ2) is 11.8. The molecule has 0 bridgehead atoms. The molecule has 2 saturated heterocycles. The summed E-state index contributed by atoms with van der Waals surface area (Å²) >= 11 is 13.9. The van der Waals surface area contributed by atoms with Crippen molar-refractivity contribution in [1.29, 1.82) is 0 Å². The summed E-state index contributed by atoms with van der Waals surface area (Å²) in [6.07, 6.45) is 0. The van der Waals surface area contributed by atoms with E-state index < -0.39 is 0 Å². The molecule has 3 heterocycles. The van der Waals surface area contributed by atoms with Gasteiger partial charge in [0.15, 0.2) is 5.16 Å². The Morgan fingerprint density at radius 2 is 1.80 bits per heavy atom. The van der Waals surface area contributed by atoms with Crippen molar-refractivity contribution < 1.29 is 9.59 Å². The van der Waals surface area contributed by atoms with Crippen molar-refractivity contribution in [3.05, 3.63) is 46.1 Å². The normalized spacial score (nSPS) is 19.2. The molecular formula is C24H30Cl2N6O2S. The number of benzene rings is 1. The fourth-order valence-corrected chi connectivity index (χ4v) is 5.60. The van der Waals surface area contributed by atoms with E-state index in [1.165, 1.54) is 11.8 Å². The molecule has 1 unspecified atom stereocenters. The van der Waals surface area contributed by atoms with Crippen LogP contribution in [0.4, 0.5) is 5.82 Å². The van der Waals surface area contributed by atoms with Crippen LogP contribution in [0.3, 0.4) is 0 Å². The quantitative estimate of drug-likeness (QED) is 0.318. The van der Waals surface area contributed by atoms with Gasteiger partial charge in [0.25, 0.3) is 5.91 Å². The van der Waals surface area contributed by atoms with Crippen molar-refractivity contribution in [1.82, 2.24) is 24.7 Å². The zero-order valence-corrected chi connectivity index (χ0v) is 22.3. The van der Waals surface area contributed by atoms with E-state index >= 15 is 0 Å². The lowest BCUT2D eigenvalue weighted by Crippen LogP contribution is -2.54. The minimum atomic E-state index is -0.0713. The van der Waals surface area contributed by atoms with Gasteiger partial charge in [0.1, 0.15) is 11.0 Å². The smallest absolute Gasteiger partial charge is 0.255 e. The maximum Gasteiger partial charge on any atom is 0.255 e. The molecule has 35 heavy (non-hydrogen) atoms. The number of rotatable bonds is 6. The van der Waals surface area contributed by atoms with Crippen LogP contribution in [0.5, 0.6) is 0 Å². The van der Waals surface area contributed by atoms with Crippen molar-refractivity contribution in [3.63, 3.8) is 0 Å². The Morgan fingerprint density at radius 1 is 1.06 bits per heavy atom. The molecule has 0 N–H and O–H groups in total. The summed E-state index contributed by atoms with van der Waals surface area (Å²) in [5, 5.41) is 1.28. The van der Waals surface area contributed by atoms with Crippen LogP contribution in [0.25, 0.3) is 0 Å². The van der Waals surface area contributed by atoms with E-state index in [0.29, 0.717) is 46.3 Å². The van der Waals surface area contributed by atoms with E-state index in [0.717, 1.165) is 32.7 Å². The monoisotopic (exact) mass is 536 g/mol. The van der Waals surface area contributed by atoms with Gasteiger partial charge in [-0.05, 0) is 25.6 Å². The molecule has 0 aliphatic carbocycles. The van der Waals surface area contributed by atoms with Gasteiger partial charge in [-0.3, -0.25) is 9.59 Å². The van der Waals surface area contributed by atoms with Gasteiger partial charge in [0.2, 0.25) is 5.91 Å². The average molecular weight is 538 g/mol. The maximum atomic E-state index is 13.0. The van der Waals surface area contributed by atoms with E-state index in [1.807, 2.05) is 28.9 Å². The number of halogens is 2. The minimum absolute atomic E-state index is 0.0410. The van der Waals surface area contributed by atoms with Gasteiger partial charge in [0.05, 0.1) is 16.3 Å². The maximum absolute atomic E-state index is 13.0. The number of carbonyl (C=O) groups is 2. The Bertz CT molecular complexity index is 1070. The van der Waals surface area contributed by atoms with Gasteiger partial charge < -0.3 is 19.6 Å². The average Bonchev–Trinajstić information content (AvgIpc) is 2.87. The Morgan fingerprint density at radius 3 is 2.49 bits per heavy atom. The van der Waals surface area contributed by atoms with Crippen molar-refractivity contribution in [2.45, 2.75) is 25.0 Å². The molecule has 188 valence electrons. The SMILES string of the molecule is CCN1CCN(C(=O)CSc2nc(Cl)cc(N3CCN(C(=O)c4ccccc4Cl)C(C)C3)n2)CC1. The van der Waals surface area contributed by atoms with E-state index in [4.69, 9.17) is 23.2 Å². The molecule has 1 aromatic carbocycles. The molecule has 0 spiro atoms. The molecule has 2 fully saturated rings. The highest BCUT2D eigenvalue weighted by molar-refractivity contribution is 7.99. The molecular weight excluding hydrogens is 507 g/mol.